The second-order valence-electron chi connectivity index (χ2n) is 3.47. The summed E-state index contributed by atoms with van der Waals surface area (Å²) in [6, 6.07) is 7.59. The van der Waals surface area contributed by atoms with Gasteiger partial charge in [0, 0.05) is 17.1 Å². The summed E-state index contributed by atoms with van der Waals surface area (Å²) in [7, 11) is 1.69. The van der Waals surface area contributed by atoms with E-state index in [0.717, 1.165) is 15.6 Å². The van der Waals surface area contributed by atoms with Crippen LogP contribution in [0.4, 0.5) is 10.6 Å². The molecule has 1 aromatic heterocycles. The predicted molar refractivity (Wildman–Crippen MR) is 68.0 cm³/mol. The molecule has 1 aromatic carbocycles. The first kappa shape index (κ1) is 11.7. The number of anilines is 1. The van der Waals surface area contributed by atoms with Gasteiger partial charge in [-0.1, -0.05) is 28.1 Å². The number of carboxylic acid groups (broad SMARTS) is 1. The molecule has 17 heavy (non-hydrogen) atoms. The summed E-state index contributed by atoms with van der Waals surface area (Å²) in [5, 5.41) is 15.2. The number of aromatic nitrogens is 2. The van der Waals surface area contributed by atoms with Crippen molar-refractivity contribution < 1.29 is 9.90 Å². The van der Waals surface area contributed by atoms with Crippen molar-refractivity contribution in [3.63, 3.8) is 0 Å². The second-order valence-corrected chi connectivity index (χ2v) is 4.38. The van der Waals surface area contributed by atoms with Crippen molar-refractivity contribution in [3.05, 3.63) is 34.9 Å². The Morgan fingerprint density at radius 1 is 1.41 bits per heavy atom. The summed E-state index contributed by atoms with van der Waals surface area (Å²) in [6.45, 7) is 0. The van der Waals surface area contributed by atoms with Crippen molar-refractivity contribution in [3.8, 4) is 11.1 Å². The Morgan fingerprint density at radius 3 is 2.65 bits per heavy atom. The van der Waals surface area contributed by atoms with E-state index in [0.29, 0.717) is 5.82 Å². The molecule has 0 aliphatic carbocycles. The fourth-order valence-electron chi connectivity index (χ4n) is 1.53. The van der Waals surface area contributed by atoms with Crippen LogP contribution in [-0.4, -0.2) is 21.0 Å². The van der Waals surface area contributed by atoms with Crippen LogP contribution in [0.2, 0.25) is 0 Å². The van der Waals surface area contributed by atoms with E-state index in [9.17, 15) is 4.79 Å². The number of benzene rings is 1. The third-order valence-electron chi connectivity index (χ3n) is 2.32. The number of amides is 1. The third-order valence-corrected chi connectivity index (χ3v) is 2.85. The minimum absolute atomic E-state index is 0.458. The summed E-state index contributed by atoms with van der Waals surface area (Å²) in [6.07, 6.45) is 0.529. The minimum atomic E-state index is -1.10. The van der Waals surface area contributed by atoms with Gasteiger partial charge in [-0.05, 0) is 17.7 Å². The van der Waals surface area contributed by atoms with Gasteiger partial charge in [-0.15, -0.1) is 0 Å². The lowest BCUT2D eigenvalue weighted by molar-refractivity contribution is 0.209. The Kier molecular flexibility index (Phi) is 3.14. The Balaban J connectivity index is 2.45. The van der Waals surface area contributed by atoms with Crippen LogP contribution in [0, 0.1) is 0 Å². The molecule has 0 fully saturated rings. The summed E-state index contributed by atoms with van der Waals surface area (Å²) in [5.74, 6) is 0.458. The first-order chi connectivity index (χ1) is 8.08. The van der Waals surface area contributed by atoms with E-state index >= 15 is 0 Å². The summed E-state index contributed by atoms with van der Waals surface area (Å²) in [5.41, 5.74) is 1.66. The van der Waals surface area contributed by atoms with Crippen molar-refractivity contribution in [1.29, 1.82) is 0 Å². The number of hydrogen-bond donors (Lipinski definition) is 2. The summed E-state index contributed by atoms with van der Waals surface area (Å²) < 4.78 is 2.46. The number of halogens is 1. The molecule has 1 heterocycles. The van der Waals surface area contributed by atoms with Gasteiger partial charge in [0.05, 0.1) is 6.20 Å². The number of hydrogen-bond acceptors (Lipinski definition) is 2. The molecule has 0 bridgehead atoms. The number of aryl methyl sites for hydroxylation is 1. The third kappa shape index (κ3) is 2.47. The average molecular weight is 296 g/mol. The Hall–Kier alpha value is -1.82. The number of rotatable bonds is 2. The maximum absolute atomic E-state index is 10.7. The van der Waals surface area contributed by atoms with E-state index in [-0.39, 0.29) is 0 Å². The van der Waals surface area contributed by atoms with E-state index in [1.165, 1.54) is 4.68 Å². The van der Waals surface area contributed by atoms with Crippen molar-refractivity contribution in [2.45, 2.75) is 0 Å². The van der Waals surface area contributed by atoms with Crippen LogP contribution in [0.25, 0.3) is 11.1 Å². The van der Waals surface area contributed by atoms with Gasteiger partial charge in [0.1, 0.15) is 5.82 Å². The number of nitrogens with zero attached hydrogens (tertiary/aromatic N) is 2. The zero-order valence-electron chi connectivity index (χ0n) is 9.01. The highest BCUT2D eigenvalue weighted by Gasteiger charge is 2.12. The van der Waals surface area contributed by atoms with Gasteiger partial charge in [0.25, 0.3) is 0 Å². The summed E-state index contributed by atoms with van der Waals surface area (Å²) in [4.78, 5) is 10.7. The molecule has 0 radical (unpaired) electrons. The molecule has 0 saturated carbocycles. The first-order valence-electron chi connectivity index (χ1n) is 4.86. The van der Waals surface area contributed by atoms with Crippen LogP contribution in [0.15, 0.2) is 34.9 Å². The highest BCUT2D eigenvalue weighted by molar-refractivity contribution is 9.10. The van der Waals surface area contributed by atoms with Crippen LogP contribution >= 0.6 is 15.9 Å². The molecule has 2 rings (SSSR count). The lowest BCUT2D eigenvalue weighted by atomic mass is 10.1. The molecule has 0 aliphatic heterocycles. The average Bonchev–Trinajstić information content (AvgIpc) is 2.61. The first-order valence-corrected chi connectivity index (χ1v) is 5.65. The normalized spacial score (nSPS) is 10.2. The lowest BCUT2D eigenvalue weighted by Gasteiger charge is -2.05. The highest BCUT2D eigenvalue weighted by atomic mass is 79.9. The highest BCUT2D eigenvalue weighted by Crippen LogP contribution is 2.28. The Labute approximate surface area is 106 Å². The van der Waals surface area contributed by atoms with E-state index in [1.807, 2.05) is 24.3 Å². The van der Waals surface area contributed by atoms with E-state index < -0.39 is 6.09 Å². The number of carbonyl (C=O) groups is 1. The van der Waals surface area contributed by atoms with E-state index in [1.54, 1.807) is 13.2 Å². The molecule has 88 valence electrons. The molecule has 0 spiro atoms. The van der Waals surface area contributed by atoms with E-state index in [4.69, 9.17) is 5.11 Å². The summed E-state index contributed by atoms with van der Waals surface area (Å²) >= 11 is 3.35. The van der Waals surface area contributed by atoms with Crippen LogP contribution < -0.4 is 5.32 Å². The molecule has 1 amide bonds. The van der Waals surface area contributed by atoms with E-state index in [2.05, 4.69) is 26.3 Å². The largest absolute Gasteiger partial charge is 0.465 e. The monoisotopic (exact) mass is 295 g/mol. The quantitative estimate of drug-likeness (QED) is 0.895. The van der Waals surface area contributed by atoms with Gasteiger partial charge in [0.15, 0.2) is 0 Å². The topological polar surface area (TPSA) is 67.2 Å². The van der Waals surface area contributed by atoms with Crippen LogP contribution in [0.5, 0.6) is 0 Å². The maximum atomic E-state index is 10.7. The fourth-order valence-corrected chi connectivity index (χ4v) is 1.79. The molecule has 0 aliphatic rings. The molecule has 6 heteroatoms. The lowest BCUT2D eigenvalue weighted by Crippen LogP contribution is -2.11. The van der Waals surface area contributed by atoms with Gasteiger partial charge < -0.3 is 5.11 Å². The van der Waals surface area contributed by atoms with Gasteiger partial charge in [-0.3, -0.25) is 10.00 Å². The van der Waals surface area contributed by atoms with Crippen LogP contribution in [-0.2, 0) is 7.05 Å². The maximum Gasteiger partial charge on any atom is 0.410 e. The molecule has 0 saturated heterocycles. The zero-order chi connectivity index (χ0) is 12.4. The van der Waals surface area contributed by atoms with Gasteiger partial charge in [-0.2, -0.15) is 5.10 Å². The standard InChI is InChI=1S/C11H10BrN3O2/c1-15-10(14-11(16)17)9(6-13-15)7-2-4-8(12)5-3-7/h2-6,14H,1H3,(H,16,17). The molecule has 2 N–H and O–H groups in total. The Bertz CT molecular complexity index is 548. The van der Waals surface area contributed by atoms with Crippen LogP contribution in [0.3, 0.4) is 0 Å². The predicted octanol–water partition coefficient (Wildman–Crippen LogP) is 2.94. The SMILES string of the molecule is Cn1ncc(-c2ccc(Br)cc2)c1NC(=O)O. The zero-order valence-corrected chi connectivity index (χ0v) is 10.6. The second kappa shape index (κ2) is 4.58. The van der Waals surface area contributed by atoms with Gasteiger partial charge in [0.2, 0.25) is 0 Å². The molecule has 2 aromatic rings. The fraction of sp³-hybridized carbons (Fsp3) is 0.0909. The molecular formula is C11H10BrN3O2. The van der Waals surface area contributed by atoms with Gasteiger partial charge in [-0.25, -0.2) is 4.79 Å². The molecule has 0 atom stereocenters. The van der Waals surface area contributed by atoms with Gasteiger partial charge >= 0.3 is 6.09 Å². The molecular weight excluding hydrogens is 286 g/mol. The molecule has 0 unspecified atom stereocenters. The minimum Gasteiger partial charge on any atom is -0.465 e. The number of nitrogens with one attached hydrogen (secondary N) is 1. The van der Waals surface area contributed by atoms with Crippen molar-refractivity contribution in [2.75, 3.05) is 5.32 Å². The van der Waals surface area contributed by atoms with Crippen molar-refractivity contribution in [2.24, 2.45) is 7.05 Å². The Morgan fingerprint density at radius 2 is 2.06 bits per heavy atom. The van der Waals surface area contributed by atoms with Crippen molar-refractivity contribution in [1.82, 2.24) is 9.78 Å². The van der Waals surface area contributed by atoms with Crippen LogP contribution in [0.1, 0.15) is 0 Å². The molecule has 5 nitrogen and oxygen atoms in total. The smallest absolute Gasteiger partial charge is 0.410 e. The van der Waals surface area contributed by atoms with Crippen molar-refractivity contribution >= 4 is 27.8 Å².